The number of aromatic carboxylic acids is 1. The molecule has 0 radical (unpaired) electrons. The Morgan fingerprint density at radius 3 is 1.13 bits per heavy atom. The number of alkyl halides is 6. The quantitative estimate of drug-likeness (QED) is 0.0194. The molecule has 0 unspecified atom stereocenters. The minimum Gasteiger partial charge on any atom is -0.542 e. The average molecular weight is 1280 g/mol. The Labute approximate surface area is 498 Å². The van der Waals surface area contributed by atoms with Crippen molar-refractivity contribution in [1.82, 2.24) is 0 Å². The van der Waals surface area contributed by atoms with Crippen molar-refractivity contribution in [3.05, 3.63) is 190 Å². The molecule has 9 aromatic rings. The van der Waals surface area contributed by atoms with Gasteiger partial charge in [-0.1, -0.05) is 54.6 Å². The Morgan fingerprint density at radius 2 is 0.798 bits per heavy atom. The minimum absolute atomic E-state index is 0.0802. The van der Waals surface area contributed by atoms with Crippen LogP contribution < -0.4 is 37.9 Å². The van der Waals surface area contributed by atoms with E-state index in [1.165, 1.54) is 36.4 Å². The van der Waals surface area contributed by atoms with Gasteiger partial charge in [0.05, 0.1) is 43.8 Å². The van der Waals surface area contributed by atoms with Crippen molar-refractivity contribution in [2.75, 3.05) is 0 Å². The number of aryl methyl sites for hydroxylation is 6. The monoisotopic (exact) mass is 1280 g/mol. The summed E-state index contributed by atoms with van der Waals surface area (Å²) in [5.41, 5.74) is 6.46. The van der Waals surface area contributed by atoms with Crippen LogP contribution in [0.3, 0.4) is 0 Å². The van der Waals surface area contributed by atoms with Crippen LogP contribution in [-0.2, 0) is 44.2 Å². The predicted octanol–water partition coefficient (Wildman–Crippen LogP) is 7.90. The van der Waals surface area contributed by atoms with Crippen molar-refractivity contribution in [3.8, 4) is 23.0 Å². The molecule has 2 heterocycles. The van der Waals surface area contributed by atoms with Gasteiger partial charge >= 0.3 is 51.9 Å². The number of phosphoric ester groups is 2. The highest BCUT2D eigenvalue weighted by Crippen LogP contribution is 2.41. The Kier molecular flexibility index (Phi) is 21.1. The van der Waals surface area contributed by atoms with E-state index in [1.54, 1.807) is 76.2 Å². The molecule has 22 nitrogen and oxygen atoms in total. The lowest BCUT2D eigenvalue weighted by molar-refractivity contribution is -0.617. The van der Waals surface area contributed by atoms with Gasteiger partial charge in [-0.25, -0.2) is 28.3 Å². The summed E-state index contributed by atoms with van der Waals surface area (Å²) < 4.78 is 116. The topological polar surface area (TPSA) is 338 Å². The van der Waals surface area contributed by atoms with Crippen LogP contribution in [0.5, 0.6) is 23.0 Å². The molecule has 0 fully saturated rings. The summed E-state index contributed by atoms with van der Waals surface area (Å²) in [5, 5.41) is 28.7. The summed E-state index contributed by atoms with van der Waals surface area (Å²) in [6.45, 7) is 6.89. The molecule has 0 bridgehead atoms. The van der Waals surface area contributed by atoms with Gasteiger partial charge in [-0.05, 0) is 116 Å². The van der Waals surface area contributed by atoms with Crippen LogP contribution in [-0.4, -0.2) is 72.8 Å². The molecule has 7 aromatic carbocycles. The molecule has 89 heavy (non-hydrogen) atoms. The maximum Gasteiger partial charge on any atom is 0.524 e. The van der Waals surface area contributed by atoms with E-state index in [2.05, 4.69) is 0 Å². The second-order valence-corrected chi connectivity index (χ2v) is 21.3. The van der Waals surface area contributed by atoms with Crippen molar-refractivity contribution in [3.63, 3.8) is 0 Å². The van der Waals surface area contributed by atoms with Crippen LogP contribution >= 0.6 is 15.6 Å². The van der Waals surface area contributed by atoms with Gasteiger partial charge in [0, 0.05) is 24.3 Å². The van der Waals surface area contributed by atoms with Crippen LogP contribution in [0.15, 0.2) is 140 Å². The number of halogens is 6. The molecule has 0 saturated carbocycles. The van der Waals surface area contributed by atoms with E-state index in [9.17, 15) is 79.3 Å². The molecule has 9 rings (SSSR count). The van der Waals surface area contributed by atoms with Gasteiger partial charge in [0.25, 0.3) is 0 Å². The zero-order valence-corrected chi connectivity index (χ0v) is 48.7. The number of carbonyl (C=O) groups excluding carboxylic acids is 5. The standard InChI is InChI=1S/C31H26NO8P.C24H20NO8P.2C2HF3O2/c1-19-15-22(30(33)38-18-21-9-5-4-6-10-21)16-20(2)29(19)39-31(34)28-24-11-7-8-12-26(24)32(3)27-14-13-23(17-25(27)28)40-41(35,36)37;1-13-10-15(23(26)27)11-14(2)22(13)32-24(28)21-17-6-4-5-7-19(17)25(3)20-9-8-16(12-18(20)21)33-34(29,30)31;2*3-2(4,5)1(6)7/h4-17H,18H2,1-3H3,(H-,35,36,37);4-12H,1-3H3,(H2-,26,27,29,30,31);2*(H,6,7). The minimum atomic E-state index is -5.19. The molecule has 0 spiro atoms. The van der Waals surface area contributed by atoms with Crippen LogP contribution in [0.1, 0.15) is 69.2 Å². The van der Waals surface area contributed by atoms with Crippen LogP contribution in [0.4, 0.5) is 26.3 Å². The third-order valence-corrected chi connectivity index (χ3v) is 13.5. The number of aromatic nitrogens is 2. The van der Waals surface area contributed by atoms with Gasteiger partial charge in [0.2, 0.25) is 22.1 Å². The number of hydrogen-bond donors (Lipinski definition) is 5. The first-order valence-electron chi connectivity index (χ1n) is 25.2. The average Bonchev–Trinajstić information content (AvgIpc) is 0.824. The highest BCUT2D eigenvalue weighted by molar-refractivity contribution is 7.47. The van der Waals surface area contributed by atoms with E-state index in [4.69, 9.17) is 43.1 Å². The number of pyridine rings is 2. The highest BCUT2D eigenvalue weighted by Gasteiger charge is 2.31. The molecule has 0 aliphatic heterocycles. The Bertz CT molecular complexity index is 4310. The first-order chi connectivity index (χ1) is 41.4. The van der Waals surface area contributed by atoms with Crippen molar-refractivity contribution in [1.29, 1.82) is 0 Å². The smallest absolute Gasteiger partial charge is 0.524 e. The van der Waals surface area contributed by atoms with Gasteiger partial charge in [0.15, 0.2) is 0 Å². The molecule has 0 atom stereocenters. The van der Waals surface area contributed by atoms with Crippen molar-refractivity contribution >= 4 is 95.1 Å². The number of hydrogen-bond acceptors (Lipinski definition) is 15. The SMILES string of the molecule is Cc1cc(C(=O)O)cc(C)c1OC(=O)c1c2ccccc2[n+](C)c2ccc(OP(=O)(O)O)cc12.Cc1cc(C(=O)OCc2ccccc2)cc(C)c1OC(=O)c1c2ccccc2[n+](C)c2ccc(OP(=O)(O)O)cc12.O=C([O-])C(F)(F)F.O=C([O-])C(F)(F)F. The number of nitrogens with zero attached hydrogens (tertiary/aromatic N) is 2. The van der Waals surface area contributed by atoms with E-state index in [0.717, 1.165) is 16.6 Å². The van der Waals surface area contributed by atoms with E-state index in [-0.39, 0.29) is 40.5 Å². The lowest BCUT2D eigenvalue weighted by atomic mass is 10.0. The van der Waals surface area contributed by atoms with Crippen LogP contribution in [0.25, 0.3) is 43.6 Å². The van der Waals surface area contributed by atoms with E-state index in [1.807, 2.05) is 77.8 Å². The summed E-state index contributed by atoms with van der Waals surface area (Å²) in [6, 6.07) is 38.7. The normalized spacial score (nSPS) is 11.5. The number of rotatable bonds is 12. The van der Waals surface area contributed by atoms with Crippen molar-refractivity contribution in [2.24, 2.45) is 14.1 Å². The first kappa shape index (κ1) is 68.3. The third-order valence-electron chi connectivity index (χ3n) is 12.6. The summed E-state index contributed by atoms with van der Waals surface area (Å²) in [4.78, 5) is 106. The Morgan fingerprint density at radius 1 is 0.472 bits per heavy atom. The lowest BCUT2D eigenvalue weighted by Crippen LogP contribution is -2.37. The number of benzene rings is 7. The molecule has 0 aliphatic carbocycles. The fourth-order valence-corrected chi connectivity index (χ4v) is 9.68. The summed E-state index contributed by atoms with van der Waals surface area (Å²) in [5.74, 6) is -8.65. The van der Waals surface area contributed by atoms with Gasteiger partial charge < -0.3 is 48.2 Å². The largest absolute Gasteiger partial charge is 0.542 e. The first-order valence-corrected chi connectivity index (χ1v) is 28.3. The number of para-hydroxylation sites is 2. The number of aliphatic carboxylic acids is 2. The van der Waals surface area contributed by atoms with Crippen molar-refractivity contribution in [2.45, 2.75) is 46.7 Å². The zero-order valence-electron chi connectivity index (χ0n) is 46.9. The Hall–Kier alpha value is -9.82. The molecule has 5 N–H and O–H groups in total. The van der Waals surface area contributed by atoms with Gasteiger partial charge in [-0.2, -0.15) is 35.5 Å². The van der Waals surface area contributed by atoms with E-state index >= 15 is 0 Å². The second kappa shape index (κ2) is 27.5. The van der Waals surface area contributed by atoms with Crippen LogP contribution in [0.2, 0.25) is 0 Å². The van der Waals surface area contributed by atoms with Gasteiger partial charge in [-0.15, -0.1) is 0 Å². The van der Waals surface area contributed by atoms with Crippen molar-refractivity contribution < 1.29 is 132 Å². The second-order valence-electron chi connectivity index (χ2n) is 19.0. The molecule has 0 saturated heterocycles. The molecule has 0 amide bonds. The summed E-state index contributed by atoms with van der Waals surface area (Å²) >= 11 is 0. The summed E-state index contributed by atoms with van der Waals surface area (Å²) in [7, 11) is -6.01. The number of ether oxygens (including phenoxy) is 3. The maximum atomic E-state index is 13.8. The number of esters is 3. The molecule has 0 aliphatic rings. The predicted molar refractivity (Wildman–Crippen MR) is 297 cm³/mol. The van der Waals surface area contributed by atoms with Gasteiger partial charge in [0.1, 0.15) is 55.6 Å². The number of fused-ring (bicyclic) bond motifs is 4. The maximum absolute atomic E-state index is 13.8. The highest BCUT2D eigenvalue weighted by atomic mass is 31.2. The van der Waals surface area contributed by atoms with Gasteiger partial charge in [-0.3, -0.25) is 19.6 Å². The molecular weight excluding hydrogens is 1230 g/mol. The fraction of sp³-hybridized carbons (Fsp3) is 0.153. The van der Waals surface area contributed by atoms with E-state index in [0.29, 0.717) is 66.1 Å². The zero-order chi connectivity index (χ0) is 66.2. The number of carbonyl (C=O) groups is 6. The molecule has 2 aromatic heterocycles. The third kappa shape index (κ3) is 17.5. The molecule has 466 valence electrons. The fourth-order valence-electron chi connectivity index (χ4n) is 8.91. The lowest BCUT2D eigenvalue weighted by Gasteiger charge is -2.15. The summed E-state index contributed by atoms with van der Waals surface area (Å²) in [6.07, 6.45) is -10.4. The van der Waals surface area contributed by atoms with Crippen LogP contribution in [0, 0.1) is 27.7 Å². The van der Waals surface area contributed by atoms with E-state index < -0.39 is 63.8 Å². The Balaban J connectivity index is 0.000000236. The number of carboxylic acids is 3. The number of phosphoric acid groups is 2. The molecule has 30 heteroatoms. The molecular formula is C59H48F6N2O20P2. The number of carboxylic acid groups (broad SMARTS) is 3.